The Kier molecular flexibility index (Phi) is 6.61. The predicted octanol–water partition coefficient (Wildman–Crippen LogP) is 4.70. The lowest BCUT2D eigenvalue weighted by atomic mass is 10.1. The highest BCUT2D eigenvalue weighted by atomic mass is 19.4. The van der Waals surface area contributed by atoms with Gasteiger partial charge < -0.3 is 14.8 Å². The lowest BCUT2D eigenvalue weighted by Gasteiger charge is -2.16. The normalized spacial score (nSPS) is 11.2. The second-order valence-electron chi connectivity index (χ2n) is 6.33. The number of aromatic nitrogens is 2. The van der Waals surface area contributed by atoms with E-state index < -0.39 is 24.3 Å². The molecule has 0 bridgehead atoms. The van der Waals surface area contributed by atoms with Crippen LogP contribution in [0.4, 0.5) is 18.9 Å². The molecular formula is C21H20F3N3O3. The summed E-state index contributed by atoms with van der Waals surface area (Å²) in [5.41, 5.74) is -1.09. The van der Waals surface area contributed by atoms with Crippen LogP contribution >= 0.6 is 0 Å². The van der Waals surface area contributed by atoms with Gasteiger partial charge in [-0.1, -0.05) is 6.92 Å². The molecule has 0 atom stereocenters. The summed E-state index contributed by atoms with van der Waals surface area (Å²) in [5, 5.41) is 6.18. The van der Waals surface area contributed by atoms with Crippen molar-refractivity contribution in [3.63, 3.8) is 0 Å². The van der Waals surface area contributed by atoms with Crippen LogP contribution in [0.1, 0.15) is 18.9 Å². The largest absolute Gasteiger partial charge is 0.494 e. The van der Waals surface area contributed by atoms with Crippen LogP contribution < -0.4 is 14.8 Å². The van der Waals surface area contributed by atoms with Gasteiger partial charge in [0.15, 0.2) is 6.61 Å². The van der Waals surface area contributed by atoms with E-state index >= 15 is 0 Å². The van der Waals surface area contributed by atoms with Crippen LogP contribution in [-0.2, 0) is 11.0 Å². The smallest absolute Gasteiger partial charge is 0.418 e. The third-order valence-corrected chi connectivity index (χ3v) is 4.02. The van der Waals surface area contributed by atoms with E-state index in [1.165, 1.54) is 29.2 Å². The van der Waals surface area contributed by atoms with E-state index in [1.807, 2.05) is 6.92 Å². The highest BCUT2D eigenvalue weighted by molar-refractivity contribution is 5.93. The van der Waals surface area contributed by atoms with Crippen LogP contribution in [0.2, 0.25) is 0 Å². The highest BCUT2D eigenvalue weighted by Gasteiger charge is 2.34. The Morgan fingerprint density at radius 2 is 1.80 bits per heavy atom. The van der Waals surface area contributed by atoms with Crippen LogP contribution in [0.5, 0.6) is 11.5 Å². The summed E-state index contributed by atoms with van der Waals surface area (Å²) in [7, 11) is 0. The number of nitrogens with one attached hydrogen (secondary N) is 1. The van der Waals surface area contributed by atoms with Gasteiger partial charge >= 0.3 is 6.18 Å². The summed E-state index contributed by atoms with van der Waals surface area (Å²) in [6, 6.07) is 11.8. The Morgan fingerprint density at radius 3 is 2.40 bits per heavy atom. The Morgan fingerprint density at radius 1 is 1.10 bits per heavy atom. The lowest BCUT2D eigenvalue weighted by Crippen LogP contribution is -2.22. The average molecular weight is 419 g/mol. The molecule has 0 saturated carbocycles. The van der Waals surface area contributed by atoms with E-state index in [1.54, 1.807) is 30.3 Å². The summed E-state index contributed by atoms with van der Waals surface area (Å²) in [5.74, 6) is 0.360. The molecule has 0 saturated heterocycles. The molecule has 0 aliphatic carbocycles. The van der Waals surface area contributed by atoms with E-state index in [-0.39, 0.29) is 11.4 Å². The van der Waals surface area contributed by atoms with Gasteiger partial charge in [-0.3, -0.25) is 4.79 Å². The van der Waals surface area contributed by atoms with Gasteiger partial charge in [0.2, 0.25) is 0 Å². The fraction of sp³-hybridized carbons (Fsp3) is 0.238. The standard InChI is InChI=1S/C21H20F3N3O3/c1-2-12-29-16-5-7-17(8-6-16)30-14-20(28)26-19-9-4-15(27-11-3-10-25-27)13-18(19)21(22,23)24/h3-11,13H,2,12,14H2,1H3,(H,26,28). The van der Waals surface area contributed by atoms with Crippen molar-refractivity contribution in [3.05, 3.63) is 66.5 Å². The minimum atomic E-state index is -4.65. The van der Waals surface area contributed by atoms with Crippen molar-refractivity contribution < 1.29 is 27.4 Å². The van der Waals surface area contributed by atoms with Crippen molar-refractivity contribution in [1.82, 2.24) is 9.78 Å². The summed E-state index contributed by atoms with van der Waals surface area (Å²) in [6.07, 6.45) is -0.787. The number of nitrogens with zero attached hydrogens (tertiary/aromatic N) is 2. The maximum absolute atomic E-state index is 13.5. The second-order valence-corrected chi connectivity index (χ2v) is 6.33. The first-order chi connectivity index (χ1) is 14.4. The topological polar surface area (TPSA) is 65.4 Å². The van der Waals surface area contributed by atoms with E-state index in [0.717, 1.165) is 12.5 Å². The number of carbonyl (C=O) groups excluding carboxylic acids is 1. The van der Waals surface area contributed by atoms with E-state index in [2.05, 4.69) is 10.4 Å². The molecule has 0 radical (unpaired) electrons. The molecule has 0 spiro atoms. The van der Waals surface area contributed by atoms with Gasteiger partial charge in [-0.15, -0.1) is 0 Å². The van der Waals surface area contributed by atoms with E-state index in [0.29, 0.717) is 18.1 Å². The number of hydrogen-bond acceptors (Lipinski definition) is 4. The van der Waals surface area contributed by atoms with Gasteiger partial charge in [0.1, 0.15) is 11.5 Å². The van der Waals surface area contributed by atoms with E-state index in [9.17, 15) is 18.0 Å². The molecule has 0 fully saturated rings. The average Bonchev–Trinajstić information content (AvgIpc) is 3.26. The highest BCUT2D eigenvalue weighted by Crippen LogP contribution is 2.36. The first-order valence-electron chi connectivity index (χ1n) is 9.23. The fourth-order valence-corrected chi connectivity index (χ4v) is 2.63. The molecule has 1 heterocycles. The van der Waals surface area contributed by atoms with Crippen LogP contribution in [-0.4, -0.2) is 28.9 Å². The van der Waals surface area contributed by atoms with Crippen LogP contribution in [0.3, 0.4) is 0 Å². The van der Waals surface area contributed by atoms with Crippen LogP contribution in [0.25, 0.3) is 5.69 Å². The summed E-state index contributed by atoms with van der Waals surface area (Å²) >= 11 is 0. The Bertz CT molecular complexity index is 971. The van der Waals surface area contributed by atoms with E-state index in [4.69, 9.17) is 9.47 Å². The first kappa shape index (κ1) is 21.2. The lowest BCUT2D eigenvalue weighted by molar-refractivity contribution is -0.137. The van der Waals surface area contributed by atoms with Gasteiger partial charge in [-0.05, 0) is 55.0 Å². The first-order valence-corrected chi connectivity index (χ1v) is 9.23. The monoisotopic (exact) mass is 419 g/mol. The minimum absolute atomic E-state index is 0.229. The number of alkyl halides is 3. The van der Waals surface area contributed by atoms with Crippen molar-refractivity contribution in [2.24, 2.45) is 0 Å². The van der Waals surface area contributed by atoms with Gasteiger partial charge in [0.25, 0.3) is 5.91 Å². The number of rotatable bonds is 8. The molecule has 1 amide bonds. The Balaban J connectivity index is 1.65. The fourth-order valence-electron chi connectivity index (χ4n) is 2.63. The SMILES string of the molecule is CCCOc1ccc(OCC(=O)Nc2ccc(-n3cccn3)cc2C(F)(F)F)cc1. The van der Waals surface area contributed by atoms with Crippen molar-refractivity contribution in [2.45, 2.75) is 19.5 Å². The number of halogens is 3. The van der Waals surface area contributed by atoms with Gasteiger partial charge in [-0.2, -0.15) is 18.3 Å². The zero-order valence-corrected chi connectivity index (χ0v) is 16.1. The summed E-state index contributed by atoms with van der Waals surface area (Å²) < 4.78 is 52.5. The van der Waals surface area contributed by atoms with Crippen molar-refractivity contribution in [2.75, 3.05) is 18.5 Å². The zero-order valence-electron chi connectivity index (χ0n) is 16.1. The zero-order chi connectivity index (χ0) is 21.6. The minimum Gasteiger partial charge on any atom is -0.494 e. The van der Waals surface area contributed by atoms with Gasteiger partial charge in [0, 0.05) is 12.4 Å². The van der Waals surface area contributed by atoms with Gasteiger partial charge in [0.05, 0.1) is 23.5 Å². The van der Waals surface area contributed by atoms with Crippen molar-refractivity contribution >= 4 is 11.6 Å². The molecule has 0 aliphatic rings. The van der Waals surface area contributed by atoms with Crippen molar-refractivity contribution in [1.29, 1.82) is 0 Å². The molecule has 1 N–H and O–H groups in total. The maximum atomic E-state index is 13.5. The molecule has 9 heteroatoms. The number of hydrogen-bond donors (Lipinski definition) is 1. The molecule has 6 nitrogen and oxygen atoms in total. The van der Waals surface area contributed by atoms with Crippen LogP contribution in [0.15, 0.2) is 60.9 Å². The molecule has 2 aromatic carbocycles. The number of anilines is 1. The van der Waals surface area contributed by atoms with Crippen molar-refractivity contribution in [3.8, 4) is 17.2 Å². The quantitative estimate of drug-likeness (QED) is 0.575. The molecule has 0 unspecified atom stereocenters. The molecule has 3 aromatic rings. The third-order valence-electron chi connectivity index (χ3n) is 4.02. The summed E-state index contributed by atoms with van der Waals surface area (Å²) in [6.45, 7) is 2.14. The number of carbonyl (C=O) groups is 1. The van der Waals surface area contributed by atoms with Gasteiger partial charge in [-0.25, -0.2) is 4.68 Å². The number of benzene rings is 2. The molecule has 1 aromatic heterocycles. The third kappa shape index (κ3) is 5.53. The molecule has 3 rings (SSSR count). The Labute approximate surface area is 171 Å². The molecule has 158 valence electrons. The summed E-state index contributed by atoms with van der Waals surface area (Å²) in [4.78, 5) is 12.1. The predicted molar refractivity (Wildman–Crippen MR) is 105 cm³/mol. The maximum Gasteiger partial charge on any atom is 0.418 e. The second kappa shape index (κ2) is 9.34. The Hall–Kier alpha value is -3.49. The number of ether oxygens (including phenoxy) is 2. The number of amides is 1. The molecule has 30 heavy (non-hydrogen) atoms. The molecule has 0 aliphatic heterocycles. The molecular weight excluding hydrogens is 399 g/mol. The van der Waals surface area contributed by atoms with Crippen LogP contribution in [0, 0.1) is 0 Å².